The Morgan fingerprint density at radius 2 is 2.20 bits per heavy atom. The van der Waals surface area contributed by atoms with Gasteiger partial charge in [-0.15, -0.1) is 0 Å². The third-order valence-corrected chi connectivity index (χ3v) is 2.93. The summed E-state index contributed by atoms with van der Waals surface area (Å²) in [6, 6.07) is 4.95. The van der Waals surface area contributed by atoms with Crippen LogP contribution in [0.15, 0.2) is 35.1 Å². The molecule has 20 heavy (non-hydrogen) atoms. The summed E-state index contributed by atoms with van der Waals surface area (Å²) in [6.07, 6.45) is 3.14. The molecule has 2 aromatic rings. The van der Waals surface area contributed by atoms with E-state index in [0.29, 0.717) is 16.9 Å². The van der Waals surface area contributed by atoms with Crippen molar-refractivity contribution in [3.63, 3.8) is 0 Å². The Bertz CT molecular complexity index is 619. The van der Waals surface area contributed by atoms with Gasteiger partial charge in [0.15, 0.2) is 0 Å². The molecule has 1 N–H and O–H groups in total. The summed E-state index contributed by atoms with van der Waals surface area (Å²) in [5.41, 5.74) is 0.783. The number of rotatable bonds is 5. The molecule has 104 valence electrons. The van der Waals surface area contributed by atoms with Crippen LogP contribution in [-0.4, -0.2) is 22.0 Å². The zero-order valence-electron chi connectivity index (χ0n) is 10.5. The fourth-order valence-corrected chi connectivity index (χ4v) is 1.85. The third-order valence-electron chi connectivity index (χ3n) is 2.50. The molecule has 0 aromatic carbocycles. The highest BCUT2D eigenvalue weighted by Gasteiger charge is 2.15. The topological polar surface area (TPSA) is 90.2 Å². The number of ether oxygens (including phenoxy) is 1. The lowest BCUT2D eigenvalue weighted by Gasteiger charge is -2.06. The van der Waals surface area contributed by atoms with Crippen LogP contribution in [0.5, 0.6) is 5.88 Å². The third kappa shape index (κ3) is 3.41. The van der Waals surface area contributed by atoms with Gasteiger partial charge in [0.05, 0.1) is 12.0 Å². The Hall–Kier alpha value is -2.22. The SMILES string of the molecule is COc1ccc(CNc2ncc(Br)cc2[N+](=O)[O-])cn1. The molecule has 2 rings (SSSR count). The monoisotopic (exact) mass is 338 g/mol. The number of nitrogens with zero attached hydrogens (tertiary/aromatic N) is 3. The minimum atomic E-state index is -0.480. The van der Waals surface area contributed by atoms with Gasteiger partial charge < -0.3 is 10.1 Å². The first kappa shape index (κ1) is 14.2. The molecule has 0 aliphatic carbocycles. The maximum absolute atomic E-state index is 10.9. The molecular weight excluding hydrogens is 328 g/mol. The van der Waals surface area contributed by atoms with Crippen LogP contribution in [0.3, 0.4) is 0 Å². The lowest BCUT2D eigenvalue weighted by molar-refractivity contribution is -0.384. The minimum absolute atomic E-state index is 0.0826. The standard InChI is InChI=1S/C12H11BrN4O3/c1-20-11-3-2-8(5-14-11)6-15-12-10(17(18)19)4-9(13)7-16-12/h2-5,7H,6H2,1H3,(H,15,16). The van der Waals surface area contributed by atoms with E-state index in [-0.39, 0.29) is 11.5 Å². The fourth-order valence-electron chi connectivity index (χ4n) is 1.53. The Kier molecular flexibility index (Phi) is 4.46. The Labute approximate surface area is 123 Å². The van der Waals surface area contributed by atoms with Crippen molar-refractivity contribution in [2.75, 3.05) is 12.4 Å². The van der Waals surface area contributed by atoms with Crippen LogP contribution in [0.25, 0.3) is 0 Å². The molecule has 0 amide bonds. The van der Waals surface area contributed by atoms with E-state index in [4.69, 9.17) is 4.74 Å². The average molecular weight is 339 g/mol. The van der Waals surface area contributed by atoms with Crippen LogP contribution in [0.2, 0.25) is 0 Å². The van der Waals surface area contributed by atoms with Gasteiger partial charge >= 0.3 is 5.69 Å². The molecule has 0 bridgehead atoms. The summed E-state index contributed by atoms with van der Waals surface area (Å²) >= 11 is 3.16. The van der Waals surface area contributed by atoms with Crippen LogP contribution in [-0.2, 0) is 6.54 Å². The second-order valence-electron chi connectivity index (χ2n) is 3.84. The number of pyridine rings is 2. The molecule has 0 aliphatic rings. The summed E-state index contributed by atoms with van der Waals surface area (Å²) in [5, 5.41) is 13.9. The molecule has 2 heterocycles. The van der Waals surface area contributed by atoms with E-state index < -0.39 is 4.92 Å². The average Bonchev–Trinajstić information content (AvgIpc) is 2.46. The van der Waals surface area contributed by atoms with Crippen molar-refractivity contribution in [2.45, 2.75) is 6.54 Å². The predicted octanol–water partition coefficient (Wildman–Crippen LogP) is 2.77. The van der Waals surface area contributed by atoms with E-state index in [1.54, 1.807) is 12.3 Å². The van der Waals surface area contributed by atoms with E-state index in [1.165, 1.54) is 19.4 Å². The maximum Gasteiger partial charge on any atom is 0.312 e. The van der Waals surface area contributed by atoms with Crippen LogP contribution >= 0.6 is 15.9 Å². The molecular formula is C12H11BrN4O3. The van der Waals surface area contributed by atoms with Crippen molar-refractivity contribution in [3.8, 4) is 5.88 Å². The minimum Gasteiger partial charge on any atom is -0.481 e. The van der Waals surface area contributed by atoms with Gasteiger partial charge in [-0.25, -0.2) is 9.97 Å². The number of methoxy groups -OCH3 is 1. The summed E-state index contributed by atoms with van der Waals surface area (Å²) in [4.78, 5) is 18.5. The molecule has 0 aliphatic heterocycles. The van der Waals surface area contributed by atoms with E-state index >= 15 is 0 Å². The molecule has 0 atom stereocenters. The molecule has 0 unspecified atom stereocenters. The Morgan fingerprint density at radius 1 is 1.40 bits per heavy atom. The predicted molar refractivity (Wildman–Crippen MR) is 76.7 cm³/mol. The van der Waals surface area contributed by atoms with E-state index in [0.717, 1.165) is 5.56 Å². The molecule has 7 nitrogen and oxygen atoms in total. The lowest BCUT2D eigenvalue weighted by atomic mass is 10.3. The van der Waals surface area contributed by atoms with E-state index in [1.807, 2.05) is 6.07 Å². The van der Waals surface area contributed by atoms with Gasteiger partial charge in [-0.1, -0.05) is 6.07 Å². The van der Waals surface area contributed by atoms with Gasteiger partial charge in [0.1, 0.15) is 0 Å². The van der Waals surface area contributed by atoms with Crippen LogP contribution in [0.4, 0.5) is 11.5 Å². The van der Waals surface area contributed by atoms with Crippen LogP contribution in [0, 0.1) is 10.1 Å². The number of hydrogen-bond acceptors (Lipinski definition) is 6. The second-order valence-corrected chi connectivity index (χ2v) is 4.76. The van der Waals surface area contributed by atoms with Crippen molar-refractivity contribution < 1.29 is 9.66 Å². The number of halogens is 1. The first-order chi connectivity index (χ1) is 9.60. The Balaban J connectivity index is 2.12. The quantitative estimate of drug-likeness (QED) is 0.665. The second kappa shape index (κ2) is 6.29. The first-order valence-electron chi connectivity index (χ1n) is 5.63. The largest absolute Gasteiger partial charge is 0.481 e. The lowest BCUT2D eigenvalue weighted by Crippen LogP contribution is -2.05. The number of hydrogen-bond donors (Lipinski definition) is 1. The highest BCUT2D eigenvalue weighted by molar-refractivity contribution is 9.10. The zero-order valence-corrected chi connectivity index (χ0v) is 12.1. The van der Waals surface area contributed by atoms with E-state index in [2.05, 4.69) is 31.2 Å². The van der Waals surface area contributed by atoms with Crippen molar-refractivity contribution >= 4 is 27.4 Å². The van der Waals surface area contributed by atoms with Crippen molar-refractivity contribution in [2.24, 2.45) is 0 Å². The fraction of sp³-hybridized carbons (Fsp3) is 0.167. The molecule has 2 aromatic heterocycles. The van der Waals surface area contributed by atoms with Gasteiger partial charge in [-0.2, -0.15) is 0 Å². The smallest absolute Gasteiger partial charge is 0.312 e. The highest BCUT2D eigenvalue weighted by atomic mass is 79.9. The Morgan fingerprint density at radius 3 is 2.80 bits per heavy atom. The molecule has 0 fully saturated rings. The van der Waals surface area contributed by atoms with Gasteiger partial charge in [0.25, 0.3) is 0 Å². The number of nitrogens with one attached hydrogen (secondary N) is 1. The van der Waals surface area contributed by atoms with Gasteiger partial charge in [-0.05, 0) is 21.5 Å². The number of aromatic nitrogens is 2. The zero-order chi connectivity index (χ0) is 14.5. The molecule has 0 saturated heterocycles. The van der Waals surface area contributed by atoms with Crippen molar-refractivity contribution in [3.05, 3.63) is 50.7 Å². The molecule has 0 saturated carbocycles. The van der Waals surface area contributed by atoms with Gasteiger partial charge in [0.2, 0.25) is 11.7 Å². The summed E-state index contributed by atoms with van der Waals surface area (Å²) in [6.45, 7) is 0.381. The molecule has 0 spiro atoms. The summed E-state index contributed by atoms with van der Waals surface area (Å²) in [7, 11) is 1.54. The van der Waals surface area contributed by atoms with Gasteiger partial charge in [-0.3, -0.25) is 10.1 Å². The van der Waals surface area contributed by atoms with Crippen molar-refractivity contribution in [1.29, 1.82) is 0 Å². The van der Waals surface area contributed by atoms with Crippen LogP contribution < -0.4 is 10.1 Å². The van der Waals surface area contributed by atoms with Crippen molar-refractivity contribution in [1.82, 2.24) is 9.97 Å². The van der Waals surface area contributed by atoms with E-state index in [9.17, 15) is 10.1 Å². The number of nitro groups is 1. The first-order valence-corrected chi connectivity index (χ1v) is 6.42. The summed E-state index contributed by atoms with van der Waals surface area (Å²) in [5.74, 6) is 0.732. The summed E-state index contributed by atoms with van der Waals surface area (Å²) < 4.78 is 5.51. The molecule has 8 heteroatoms. The van der Waals surface area contributed by atoms with Crippen LogP contribution in [0.1, 0.15) is 5.56 Å². The number of anilines is 1. The maximum atomic E-state index is 10.9. The van der Waals surface area contributed by atoms with Gasteiger partial charge in [0, 0.05) is 35.5 Å². The normalized spacial score (nSPS) is 10.1. The highest BCUT2D eigenvalue weighted by Crippen LogP contribution is 2.25. The molecule has 0 radical (unpaired) electrons.